The first kappa shape index (κ1) is 47.0. The van der Waals surface area contributed by atoms with Crippen molar-refractivity contribution in [2.45, 2.75) is 0 Å². The smallest absolute Gasteiger partial charge is 0.135 e. The molecule has 0 N–H and O–H groups in total. The molecule has 1 aromatic heterocycles. The highest BCUT2D eigenvalue weighted by Crippen LogP contribution is 2.48. The van der Waals surface area contributed by atoms with Crippen molar-refractivity contribution in [2.24, 2.45) is 0 Å². The van der Waals surface area contributed by atoms with Gasteiger partial charge >= 0.3 is 0 Å². The van der Waals surface area contributed by atoms with Gasteiger partial charge in [-0.3, -0.25) is 0 Å². The van der Waals surface area contributed by atoms with Gasteiger partial charge in [0.2, 0.25) is 0 Å². The number of hydrogen-bond donors (Lipinski definition) is 0. The second kappa shape index (κ2) is 18.9. The Bertz CT molecular complexity index is 5340. The standard InChI is InChI=1S/C44H26.C38H24O/c1-2-6-27(7-3-1)34-24-35(37-20-16-32-14-12-28-8-4-10-30-18-22-39(37)43(32)41(28)30)26-36(25-34)38-21-17-33-15-13-29-9-5-11-31-19-23-40(38)44(33)42(29)31;1-3-11-25(12-4-1)27-19-21-32-34(23-27)37(26-13-5-2-6-14-26)30-16-7-8-17-31(30)38(32)28-20-22-36-33(24-28)29-15-9-10-18-35(29)39-36/h1-26H;1-24H. The Morgan fingerprint density at radius 3 is 1.12 bits per heavy atom. The molecule has 0 spiro atoms. The van der Waals surface area contributed by atoms with Crippen LogP contribution in [0.25, 0.3) is 175 Å². The van der Waals surface area contributed by atoms with Gasteiger partial charge in [0.05, 0.1) is 0 Å². The van der Waals surface area contributed by atoms with E-state index in [0.29, 0.717) is 0 Å². The Kier molecular flexibility index (Phi) is 10.7. The van der Waals surface area contributed by atoms with Crippen molar-refractivity contribution in [1.29, 1.82) is 0 Å². The third-order valence-corrected chi connectivity index (χ3v) is 17.6. The summed E-state index contributed by atoms with van der Waals surface area (Å²) in [5.74, 6) is 0. The van der Waals surface area contributed by atoms with E-state index in [4.69, 9.17) is 4.42 Å². The molecule has 0 saturated heterocycles. The Labute approximate surface area is 479 Å². The molecule has 0 radical (unpaired) electrons. The van der Waals surface area contributed by atoms with Gasteiger partial charge in [0.25, 0.3) is 0 Å². The van der Waals surface area contributed by atoms with Crippen LogP contribution in [0.5, 0.6) is 0 Å². The molecule has 83 heavy (non-hydrogen) atoms. The van der Waals surface area contributed by atoms with E-state index in [1.165, 1.54) is 153 Å². The van der Waals surface area contributed by atoms with Crippen LogP contribution >= 0.6 is 0 Å². The Morgan fingerprint density at radius 1 is 0.169 bits per heavy atom. The Balaban J connectivity index is 0.000000132. The van der Waals surface area contributed by atoms with Crippen molar-refractivity contribution in [3.8, 4) is 66.8 Å². The maximum Gasteiger partial charge on any atom is 0.135 e. The van der Waals surface area contributed by atoms with Crippen LogP contribution in [-0.2, 0) is 0 Å². The Hall–Kier alpha value is -10.9. The fourth-order valence-electron chi connectivity index (χ4n) is 13.8. The van der Waals surface area contributed by atoms with E-state index in [-0.39, 0.29) is 0 Å². The first-order valence-electron chi connectivity index (χ1n) is 28.7. The highest BCUT2D eigenvalue weighted by molar-refractivity contribution is 6.28. The molecular formula is C82H50O. The molecule has 0 aliphatic heterocycles. The van der Waals surface area contributed by atoms with Crippen LogP contribution in [0.4, 0.5) is 0 Å². The second-order valence-electron chi connectivity index (χ2n) is 22.2. The van der Waals surface area contributed by atoms with Gasteiger partial charge in [-0.25, -0.2) is 0 Å². The monoisotopic (exact) mass is 1050 g/mol. The molecule has 0 aliphatic rings. The van der Waals surface area contributed by atoms with Crippen molar-refractivity contribution in [1.82, 2.24) is 0 Å². The predicted molar refractivity (Wildman–Crippen MR) is 355 cm³/mol. The Morgan fingerprint density at radius 2 is 0.554 bits per heavy atom. The van der Waals surface area contributed by atoms with Gasteiger partial charge in [0, 0.05) is 10.8 Å². The SMILES string of the molecule is c1ccc(-c2cc(-c3ccc4ccc5cccc6ccc3c4c56)cc(-c3ccc4ccc5cccc6ccc3c4c56)c2)cc1.c1ccc(-c2ccc3c(-c4ccc5oc6ccccc6c5c4)c4ccccc4c(-c4ccccc4)c3c2)cc1. The molecule has 1 nitrogen and oxygen atoms in total. The molecule has 0 unspecified atom stereocenters. The summed E-state index contributed by atoms with van der Waals surface area (Å²) in [6, 6.07) is 111. The van der Waals surface area contributed by atoms with Crippen molar-refractivity contribution in [2.75, 3.05) is 0 Å². The van der Waals surface area contributed by atoms with Gasteiger partial charge in [0.15, 0.2) is 0 Å². The van der Waals surface area contributed by atoms with Crippen molar-refractivity contribution in [3.05, 3.63) is 303 Å². The average molecular weight is 1050 g/mol. The summed E-state index contributed by atoms with van der Waals surface area (Å²) in [5.41, 5.74) is 16.7. The molecule has 0 bridgehead atoms. The van der Waals surface area contributed by atoms with Gasteiger partial charge in [-0.1, -0.05) is 261 Å². The quantitative estimate of drug-likeness (QED) is 0.119. The van der Waals surface area contributed by atoms with Crippen molar-refractivity contribution < 1.29 is 4.42 Å². The number of benzene rings is 17. The first-order valence-corrected chi connectivity index (χ1v) is 28.7. The maximum absolute atomic E-state index is 6.16. The van der Waals surface area contributed by atoms with E-state index in [0.717, 1.165) is 21.9 Å². The molecule has 17 aromatic carbocycles. The number of rotatable bonds is 6. The van der Waals surface area contributed by atoms with Crippen LogP contribution in [0.1, 0.15) is 0 Å². The van der Waals surface area contributed by atoms with Gasteiger partial charge in [-0.15, -0.1) is 0 Å². The summed E-state index contributed by atoms with van der Waals surface area (Å²) >= 11 is 0. The largest absolute Gasteiger partial charge is 0.456 e. The van der Waals surface area contributed by atoms with E-state index in [2.05, 4.69) is 291 Å². The normalized spacial score (nSPS) is 11.9. The summed E-state index contributed by atoms with van der Waals surface area (Å²) in [5, 5.41) is 23.1. The van der Waals surface area contributed by atoms with Crippen molar-refractivity contribution in [3.63, 3.8) is 0 Å². The minimum atomic E-state index is 0.917. The van der Waals surface area contributed by atoms with Gasteiger partial charge in [-0.05, 0) is 195 Å². The lowest BCUT2D eigenvalue weighted by Gasteiger charge is -2.19. The highest BCUT2D eigenvalue weighted by Gasteiger charge is 2.21. The zero-order valence-corrected chi connectivity index (χ0v) is 45.3. The molecule has 0 amide bonds. The molecule has 18 rings (SSSR count). The van der Waals surface area contributed by atoms with Crippen LogP contribution in [0.3, 0.4) is 0 Å². The van der Waals surface area contributed by atoms with Crippen LogP contribution in [0.2, 0.25) is 0 Å². The van der Waals surface area contributed by atoms with Crippen LogP contribution in [-0.4, -0.2) is 0 Å². The number of para-hydroxylation sites is 1. The molecule has 0 aliphatic carbocycles. The fraction of sp³-hybridized carbons (Fsp3) is 0. The first-order chi connectivity index (χ1) is 41.1. The molecule has 1 heteroatoms. The summed E-state index contributed by atoms with van der Waals surface area (Å²) < 4.78 is 6.16. The number of fused-ring (bicyclic) bond motifs is 5. The lowest BCUT2D eigenvalue weighted by Crippen LogP contribution is -1.91. The van der Waals surface area contributed by atoms with E-state index in [1.54, 1.807) is 0 Å². The molecule has 18 aromatic rings. The summed E-state index contributed by atoms with van der Waals surface area (Å²) in [6.07, 6.45) is 0. The molecule has 0 atom stereocenters. The number of furan rings is 1. The zero-order valence-electron chi connectivity index (χ0n) is 45.3. The lowest BCUT2D eigenvalue weighted by molar-refractivity contribution is 0.669. The van der Waals surface area contributed by atoms with Crippen molar-refractivity contribution >= 4 is 108 Å². The maximum atomic E-state index is 6.16. The fourth-order valence-corrected chi connectivity index (χ4v) is 13.8. The third-order valence-electron chi connectivity index (χ3n) is 17.6. The molecular weight excluding hydrogens is 1000 g/mol. The zero-order chi connectivity index (χ0) is 54.5. The molecule has 384 valence electrons. The van der Waals surface area contributed by atoms with E-state index < -0.39 is 0 Å². The summed E-state index contributed by atoms with van der Waals surface area (Å²) in [7, 11) is 0. The summed E-state index contributed by atoms with van der Waals surface area (Å²) in [4.78, 5) is 0. The topological polar surface area (TPSA) is 13.1 Å². The average Bonchev–Trinajstić information content (AvgIpc) is 2.10. The predicted octanol–water partition coefficient (Wildman–Crippen LogP) is 23.4. The highest BCUT2D eigenvalue weighted by atomic mass is 16.3. The minimum Gasteiger partial charge on any atom is -0.456 e. The van der Waals surface area contributed by atoms with Gasteiger partial charge < -0.3 is 4.42 Å². The molecule has 0 fully saturated rings. The van der Waals surface area contributed by atoms with Gasteiger partial charge in [-0.2, -0.15) is 0 Å². The molecule has 0 saturated carbocycles. The van der Waals surface area contributed by atoms with Gasteiger partial charge in [0.1, 0.15) is 11.2 Å². The van der Waals surface area contributed by atoms with E-state index in [9.17, 15) is 0 Å². The van der Waals surface area contributed by atoms with Crippen LogP contribution in [0.15, 0.2) is 308 Å². The summed E-state index contributed by atoms with van der Waals surface area (Å²) in [6.45, 7) is 0. The lowest BCUT2D eigenvalue weighted by atomic mass is 9.84. The minimum absolute atomic E-state index is 0.917. The molecule has 1 heterocycles. The van der Waals surface area contributed by atoms with Crippen LogP contribution < -0.4 is 0 Å². The second-order valence-corrected chi connectivity index (χ2v) is 22.2. The van der Waals surface area contributed by atoms with E-state index >= 15 is 0 Å². The van der Waals surface area contributed by atoms with Crippen LogP contribution in [0, 0.1) is 0 Å². The number of hydrogen-bond acceptors (Lipinski definition) is 1. The third kappa shape index (κ3) is 7.63. The van der Waals surface area contributed by atoms with E-state index in [1.807, 2.05) is 12.1 Å².